The average molecular weight is 296 g/mol. The van der Waals surface area contributed by atoms with E-state index in [0.29, 0.717) is 6.04 Å². The second-order valence-electron chi connectivity index (χ2n) is 5.63. The van der Waals surface area contributed by atoms with Crippen LogP contribution in [0.25, 0.3) is 9.40 Å². The third-order valence-corrected chi connectivity index (χ3v) is 5.62. The van der Waals surface area contributed by atoms with Gasteiger partial charge >= 0.3 is 0 Å². The molecule has 0 fully saturated rings. The number of hydrogen-bond acceptors (Lipinski definition) is 3. The fraction of sp³-hybridized carbons (Fsp3) is 0.625. The van der Waals surface area contributed by atoms with Gasteiger partial charge in [-0.25, -0.2) is 0 Å². The first-order valence-electron chi connectivity index (χ1n) is 7.41. The Morgan fingerprint density at radius 3 is 2.74 bits per heavy atom. The van der Waals surface area contributed by atoms with Gasteiger partial charge in [0.15, 0.2) is 0 Å². The first-order chi connectivity index (χ1) is 9.20. The van der Waals surface area contributed by atoms with Crippen molar-refractivity contribution in [3.63, 3.8) is 0 Å². The van der Waals surface area contributed by atoms with Gasteiger partial charge in [-0.1, -0.05) is 33.6 Å². The Morgan fingerprint density at radius 2 is 2.05 bits per heavy atom. The number of nitrogens with one attached hydrogen (secondary N) is 1. The van der Waals surface area contributed by atoms with Crippen LogP contribution in [0.15, 0.2) is 17.5 Å². The molecule has 0 amide bonds. The SMILES string of the molecule is CCCNC(CCCC(C)C)c1cc2sccc2s1. The van der Waals surface area contributed by atoms with Crippen molar-refractivity contribution >= 4 is 32.1 Å². The molecular weight excluding hydrogens is 270 g/mol. The first-order valence-corrected chi connectivity index (χ1v) is 9.10. The van der Waals surface area contributed by atoms with Crippen LogP contribution < -0.4 is 5.32 Å². The van der Waals surface area contributed by atoms with Gasteiger partial charge in [-0.15, -0.1) is 22.7 Å². The lowest BCUT2D eigenvalue weighted by molar-refractivity contribution is 0.452. The molecule has 0 radical (unpaired) electrons. The van der Waals surface area contributed by atoms with Gasteiger partial charge in [-0.2, -0.15) is 0 Å². The summed E-state index contributed by atoms with van der Waals surface area (Å²) >= 11 is 3.83. The third kappa shape index (κ3) is 4.30. The molecule has 3 heteroatoms. The largest absolute Gasteiger partial charge is 0.309 e. The number of hydrogen-bond donors (Lipinski definition) is 1. The second-order valence-corrected chi connectivity index (χ2v) is 7.69. The number of thiophene rings is 2. The first kappa shape index (κ1) is 15.0. The molecule has 0 saturated heterocycles. The van der Waals surface area contributed by atoms with Gasteiger partial charge in [-0.05, 0) is 42.8 Å². The monoisotopic (exact) mass is 295 g/mol. The van der Waals surface area contributed by atoms with Crippen LogP contribution in [0, 0.1) is 5.92 Å². The highest BCUT2D eigenvalue weighted by molar-refractivity contribution is 7.26. The van der Waals surface area contributed by atoms with Crippen molar-refractivity contribution in [3.8, 4) is 0 Å². The molecule has 2 aromatic rings. The van der Waals surface area contributed by atoms with E-state index in [1.807, 2.05) is 22.7 Å². The fourth-order valence-electron chi connectivity index (χ4n) is 2.35. The predicted molar refractivity (Wildman–Crippen MR) is 89.4 cm³/mol. The number of rotatable bonds is 8. The predicted octanol–water partition coefficient (Wildman–Crippen LogP) is 5.83. The van der Waals surface area contributed by atoms with Gasteiger partial charge in [-0.3, -0.25) is 0 Å². The van der Waals surface area contributed by atoms with E-state index >= 15 is 0 Å². The Bertz CT molecular complexity index is 455. The zero-order valence-corrected chi connectivity index (χ0v) is 13.9. The van der Waals surface area contributed by atoms with Crippen LogP contribution in [0.1, 0.15) is 57.4 Å². The Hall–Kier alpha value is -0.380. The standard InChI is InChI=1S/C16H25NS2/c1-4-9-17-13(7-5-6-12(2)3)15-11-16-14(19-15)8-10-18-16/h8,10-13,17H,4-7,9H2,1-3H3. The molecule has 0 aliphatic rings. The van der Waals surface area contributed by atoms with Crippen LogP contribution >= 0.6 is 22.7 Å². The van der Waals surface area contributed by atoms with Crippen LogP contribution in [0.2, 0.25) is 0 Å². The molecule has 1 unspecified atom stereocenters. The summed E-state index contributed by atoms with van der Waals surface area (Å²) in [6.45, 7) is 7.99. The minimum atomic E-state index is 0.559. The molecule has 1 atom stereocenters. The van der Waals surface area contributed by atoms with Gasteiger partial charge in [0.25, 0.3) is 0 Å². The molecule has 1 nitrogen and oxygen atoms in total. The van der Waals surface area contributed by atoms with Crippen LogP contribution in [0.5, 0.6) is 0 Å². The Labute approximate surface area is 125 Å². The van der Waals surface area contributed by atoms with Gasteiger partial charge < -0.3 is 5.32 Å². The smallest absolute Gasteiger partial charge is 0.0454 e. The van der Waals surface area contributed by atoms with E-state index in [2.05, 4.69) is 43.6 Å². The van der Waals surface area contributed by atoms with E-state index in [1.165, 1.54) is 40.0 Å². The van der Waals surface area contributed by atoms with Gasteiger partial charge in [0.1, 0.15) is 0 Å². The summed E-state index contributed by atoms with van der Waals surface area (Å²) in [7, 11) is 0. The lowest BCUT2D eigenvalue weighted by Crippen LogP contribution is -2.21. The summed E-state index contributed by atoms with van der Waals surface area (Å²) in [5, 5.41) is 5.92. The van der Waals surface area contributed by atoms with Crippen molar-refractivity contribution < 1.29 is 0 Å². The summed E-state index contributed by atoms with van der Waals surface area (Å²) < 4.78 is 2.90. The molecule has 0 bridgehead atoms. The topological polar surface area (TPSA) is 12.0 Å². The van der Waals surface area contributed by atoms with E-state index in [1.54, 1.807) is 0 Å². The average Bonchev–Trinajstić information content (AvgIpc) is 2.93. The molecular formula is C16H25NS2. The van der Waals surface area contributed by atoms with E-state index in [9.17, 15) is 0 Å². The van der Waals surface area contributed by atoms with Crippen molar-refractivity contribution in [1.29, 1.82) is 0 Å². The molecule has 0 aliphatic carbocycles. The Morgan fingerprint density at radius 1 is 1.21 bits per heavy atom. The molecule has 0 aromatic carbocycles. The van der Waals surface area contributed by atoms with Crippen LogP contribution in [-0.2, 0) is 0 Å². The summed E-state index contributed by atoms with van der Waals surface area (Å²) in [6.07, 6.45) is 5.14. The summed E-state index contributed by atoms with van der Waals surface area (Å²) in [5.74, 6) is 0.818. The molecule has 19 heavy (non-hydrogen) atoms. The van der Waals surface area contributed by atoms with Crippen molar-refractivity contribution in [2.75, 3.05) is 6.54 Å². The quantitative estimate of drug-likeness (QED) is 0.646. The molecule has 0 aliphatic heterocycles. The van der Waals surface area contributed by atoms with E-state index in [0.717, 1.165) is 12.5 Å². The highest BCUT2D eigenvalue weighted by Gasteiger charge is 2.14. The lowest BCUT2D eigenvalue weighted by atomic mass is 10.0. The van der Waals surface area contributed by atoms with Crippen molar-refractivity contribution in [1.82, 2.24) is 5.32 Å². The van der Waals surface area contributed by atoms with Crippen molar-refractivity contribution in [2.45, 2.75) is 52.5 Å². The molecule has 2 aromatic heterocycles. The maximum atomic E-state index is 3.73. The normalized spacial score (nSPS) is 13.5. The maximum absolute atomic E-state index is 3.73. The molecule has 2 rings (SSSR count). The summed E-state index contributed by atoms with van der Waals surface area (Å²) in [4.78, 5) is 1.53. The van der Waals surface area contributed by atoms with Crippen molar-refractivity contribution in [2.24, 2.45) is 5.92 Å². The van der Waals surface area contributed by atoms with Gasteiger partial charge in [0.05, 0.1) is 0 Å². The number of fused-ring (bicyclic) bond motifs is 1. The fourth-order valence-corrected chi connectivity index (χ4v) is 4.58. The van der Waals surface area contributed by atoms with Crippen LogP contribution in [-0.4, -0.2) is 6.54 Å². The minimum absolute atomic E-state index is 0.559. The van der Waals surface area contributed by atoms with Crippen LogP contribution in [0.3, 0.4) is 0 Å². The Balaban J connectivity index is 2.01. The summed E-state index contributed by atoms with van der Waals surface area (Å²) in [5.41, 5.74) is 0. The molecule has 0 spiro atoms. The summed E-state index contributed by atoms with van der Waals surface area (Å²) in [6, 6.07) is 5.20. The molecule has 106 valence electrons. The molecule has 0 saturated carbocycles. The van der Waals surface area contributed by atoms with Crippen LogP contribution in [0.4, 0.5) is 0 Å². The molecule has 1 N–H and O–H groups in total. The highest BCUT2D eigenvalue weighted by Crippen LogP contribution is 2.35. The second kappa shape index (κ2) is 7.41. The zero-order chi connectivity index (χ0) is 13.7. The zero-order valence-electron chi connectivity index (χ0n) is 12.2. The van der Waals surface area contributed by atoms with Crippen molar-refractivity contribution in [3.05, 3.63) is 22.4 Å². The van der Waals surface area contributed by atoms with E-state index < -0.39 is 0 Å². The van der Waals surface area contributed by atoms with Gasteiger partial charge in [0, 0.05) is 20.3 Å². The highest BCUT2D eigenvalue weighted by atomic mass is 32.1. The maximum Gasteiger partial charge on any atom is 0.0454 e. The molecule has 2 heterocycles. The van der Waals surface area contributed by atoms with Gasteiger partial charge in [0.2, 0.25) is 0 Å². The lowest BCUT2D eigenvalue weighted by Gasteiger charge is -2.17. The third-order valence-electron chi connectivity index (χ3n) is 3.42. The Kier molecular flexibility index (Phi) is 5.86. The van der Waals surface area contributed by atoms with E-state index in [4.69, 9.17) is 0 Å². The van der Waals surface area contributed by atoms with E-state index in [-0.39, 0.29) is 0 Å². The minimum Gasteiger partial charge on any atom is -0.309 e.